The fourth-order valence-corrected chi connectivity index (χ4v) is 1.91. The summed E-state index contributed by atoms with van der Waals surface area (Å²) in [5.74, 6) is -3.85. The van der Waals surface area contributed by atoms with E-state index in [9.17, 15) is 18.0 Å². The summed E-state index contributed by atoms with van der Waals surface area (Å²) < 4.78 is 40.2. The van der Waals surface area contributed by atoms with Crippen LogP contribution in [0, 0.1) is 12.7 Å². The quantitative estimate of drug-likeness (QED) is 0.776. The summed E-state index contributed by atoms with van der Waals surface area (Å²) in [4.78, 5) is 11.8. The van der Waals surface area contributed by atoms with E-state index in [1.165, 1.54) is 13.0 Å². The third-order valence-electron chi connectivity index (χ3n) is 3.19. The highest BCUT2D eigenvalue weighted by molar-refractivity contribution is 5.98. The minimum absolute atomic E-state index is 0.0494. The molecule has 0 amide bonds. The molecule has 1 unspecified atom stereocenters. The lowest BCUT2D eigenvalue weighted by Gasteiger charge is -2.22. The van der Waals surface area contributed by atoms with Crippen molar-refractivity contribution in [1.82, 2.24) is 0 Å². The zero-order valence-electron chi connectivity index (χ0n) is 12.2. The zero-order chi connectivity index (χ0) is 15.5. The number of hydrogen-bond acceptors (Lipinski definition) is 2. The molecule has 0 spiro atoms. The zero-order valence-corrected chi connectivity index (χ0v) is 12.2. The molecule has 1 N–H and O–H groups in total. The van der Waals surface area contributed by atoms with Crippen molar-refractivity contribution in [2.24, 2.45) is 0 Å². The van der Waals surface area contributed by atoms with Gasteiger partial charge >= 0.3 is 0 Å². The average molecular weight is 287 g/mol. The van der Waals surface area contributed by atoms with Crippen molar-refractivity contribution in [3.63, 3.8) is 0 Å². The molecule has 0 saturated heterocycles. The molecular formula is C15H20F3NO. The number of nitrogens with one attached hydrogen (secondary N) is 1. The van der Waals surface area contributed by atoms with Crippen LogP contribution in [-0.2, 0) is 0 Å². The first kappa shape index (κ1) is 16.5. The maximum atomic E-state index is 14.0. The highest BCUT2D eigenvalue weighted by atomic mass is 19.3. The second kappa shape index (κ2) is 6.29. The Hall–Kier alpha value is -1.52. The maximum absolute atomic E-state index is 14.0. The third kappa shape index (κ3) is 3.99. The van der Waals surface area contributed by atoms with Crippen molar-refractivity contribution in [3.05, 3.63) is 29.1 Å². The second-order valence-corrected chi connectivity index (χ2v) is 5.15. The van der Waals surface area contributed by atoms with Gasteiger partial charge < -0.3 is 5.32 Å². The van der Waals surface area contributed by atoms with Crippen LogP contribution in [0.25, 0.3) is 0 Å². The molecular weight excluding hydrogens is 267 g/mol. The lowest BCUT2D eigenvalue weighted by Crippen LogP contribution is -2.34. The van der Waals surface area contributed by atoms with Crippen LogP contribution in [0.2, 0.25) is 0 Å². The molecule has 0 saturated carbocycles. The number of carbonyl (C=O) groups excluding carboxylic acids is 1. The van der Waals surface area contributed by atoms with E-state index in [1.807, 2.05) is 6.92 Å². The first-order chi connectivity index (χ1) is 9.16. The fraction of sp³-hybridized carbons (Fsp3) is 0.533. The van der Waals surface area contributed by atoms with E-state index in [1.54, 1.807) is 6.92 Å². The van der Waals surface area contributed by atoms with Crippen molar-refractivity contribution >= 4 is 11.5 Å². The summed E-state index contributed by atoms with van der Waals surface area (Å²) in [7, 11) is 0. The number of hydrogen-bond donors (Lipinski definition) is 1. The number of halogens is 3. The van der Waals surface area contributed by atoms with Crippen LogP contribution in [0.3, 0.4) is 0 Å². The van der Waals surface area contributed by atoms with E-state index in [-0.39, 0.29) is 23.5 Å². The molecule has 1 atom stereocenters. The Morgan fingerprint density at radius 3 is 2.45 bits per heavy atom. The van der Waals surface area contributed by atoms with E-state index in [0.717, 1.165) is 13.0 Å². The van der Waals surface area contributed by atoms with Gasteiger partial charge in [0, 0.05) is 19.0 Å². The number of rotatable bonds is 6. The summed E-state index contributed by atoms with van der Waals surface area (Å²) in [6.45, 7) is 5.56. The number of alkyl halides is 2. The SMILES string of the molecule is CCCC(=O)c1c(C)cc(NC(C)C(C)(F)F)cc1F. The van der Waals surface area contributed by atoms with E-state index in [2.05, 4.69) is 5.32 Å². The molecule has 0 aliphatic heterocycles. The first-order valence-electron chi connectivity index (χ1n) is 6.64. The van der Waals surface area contributed by atoms with Gasteiger partial charge in [-0.2, -0.15) is 0 Å². The monoisotopic (exact) mass is 287 g/mol. The first-order valence-corrected chi connectivity index (χ1v) is 6.64. The van der Waals surface area contributed by atoms with Gasteiger partial charge in [-0.1, -0.05) is 6.92 Å². The van der Waals surface area contributed by atoms with Crippen LogP contribution >= 0.6 is 0 Å². The molecule has 20 heavy (non-hydrogen) atoms. The van der Waals surface area contributed by atoms with Gasteiger partial charge in [-0.05, 0) is 38.0 Å². The number of anilines is 1. The lowest BCUT2D eigenvalue weighted by molar-refractivity contribution is 0.00698. The molecule has 0 aromatic heterocycles. The summed E-state index contributed by atoms with van der Waals surface area (Å²) >= 11 is 0. The fourth-order valence-electron chi connectivity index (χ4n) is 1.91. The van der Waals surface area contributed by atoms with E-state index >= 15 is 0 Å². The molecule has 112 valence electrons. The Balaban J connectivity index is 3.02. The second-order valence-electron chi connectivity index (χ2n) is 5.15. The highest BCUT2D eigenvalue weighted by Gasteiger charge is 2.30. The van der Waals surface area contributed by atoms with Gasteiger partial charge in [0.1, 0.15) is 5.82 Å². The lowest BCUT2D eigenvalue weighted by atomic mass is 10.00. The average Bonchev–Trinajstić information content (AvgIpc) is 2.26. The number of benzene rings is 1. The van der Waals surface area contributed by atoms with Crippen molar-refractivity contribution in [1.29, 1.82) is 0 Å². The number of carbonyl (C=O) groups is 1. The Morgan fingerprint density at radius 2 is 2.00 bits per heavy atom. The van der Waals surface area contributed by atoms with Crippen LogP contribution in [0.5, 0.6) is 0 Å². The highest BCUT2D eigenvalue weighted by Crippen LogP contribution is 2.25. The van der Waals surface area contributed by atoms with Crippen LogP contribution < -0.4 is 5.32 Å². The molecule has 1 aromatic carbocycles. The number of aryl methyl sites for hydroxylation is 1. The van der Waals surface area contributed by atoms with Crippen LogP contribution in [-0.4, -0.2) is 17.7 Å². The predicted octanol–water partition coefficient (Wildman–Crippen LogP) is 4.57. The smallest absolute Gasteiger partial charge is 0.264 e. The Kier molecular flexibility index (Phi) is 5.20. The van der Waals surface area contributed by atoms with E-state index in [4.69, 9.17) is 0 Å². The van der Waals surface area contributed by atoms with Gasteiger partial charge in [0.25, 0.3) is 5.92 Å². The number of Topliss-reactive ketones (excluding diaryl/α,β-unsaturated/α-hetero) is 1. The van der Waals surface area contributed by atoms with Crippen molar-refractivity contribution in [2.45, 2.75) is 52.5 Å². The molecule has 0 fully saturated rings. The molecule has 1 rings (SSSR count). The number of ketones is 1. The largest absolute Gasteiger partial charge is 0.377 e. The Morgan fingerprint density at radius 1 is 1.40 bits per heavy atom. The van der Waals surface area contributed by atoms with Crippen LogP contribution in [0.4, 0.5) is 18.9 Å². The Labute approximate surface area is 117 Å². The van der Waals surface area contributed by atoms with Gasteiger partial charge in [0.15, 0.2) is 5.78 Å². The molecule has 0 aliphatic carbocycles. The maximum Gasteiger partial charge on any atom is 0.264 e. The van der Waals surface area contributed by atoms with Crippen LogP contribution in [0.1, 0.15) is 49.5 Å². The normalized spacial score (nSPS) is 13.2. The molecule has 1 aromatic rings. The van der Waals surface area contributed by atoms with Crippen LogP contribution in [0.15, 0.2) is 12.1 Å². The van der Waals surface area contributed by atoms with Gasteiger partial charge in [-0.3, -0.25) is 4.79 Å². The predicted molar refractivity (Wildman–Crippen MR) is 74.1 cm³/mol. The topological polar surface area (TPSA) is 29.1 Å². The molecule has 5 heteroatoms. The van der Waals surface area contributed by atoms with Crippen molar-refractivity contribution in [2.75, 3.05) is 5.32 Å². The Bertz CT molecular complexity index is 471. The van der Waals surface area contributed by atoms with Gasteiger partial charge in [0.05, 0.1) is 11.6 Å². The summed E-state index contributed by atoms with van der Waals surface area (Å²) in [6, 6.07) is 1.49. The third-order valence-corrected chi connectivity index (χ3v) is 3.19. The van der Waals surface area contributed by atoms with Gasteiger partial charge in [-0.15, -0.1) is 0 Å². The van der Waals surface area contributed by atoms with Gasteiger partial charge in [-0.25, -0.2) is 13.2 Å². The van der Waals surface area contributed by atoms with E-state index < -0.39 is 17.8 Å². The van der Waals surface area contributed by atoms with Crippen molar-refractivity contribution in [3.8, 4) is 0 Å². The minimum Gasteiger partial charge on any atom is -0.377 e. The van der Waals surface area contributed by atoms with Gasteiger partial charge in [0.2, 0.25) is 0 Å². The molecule has 0 aliphatic rings. The minimum atomic E-state index is -2.92. The molecule has 0 heterocycles. The summed E-state index contributed by atoms with van der Waals surface area (Å²) in [5.41, 5.74) is 0.757. The summed E-state index contributed by atoms with van der Waals surface area (Å²) in [5, 5.41) is 2.56. The van der Waals surface area contributed by atoms with Crippen molar-refractivity contribution < 1.29 is 18.0 Å². The summed E-state index contributed by atoms with van der Waals surface area (Å²) in [6.07, 6.45) is 0.908. The standard InChI is InChI=1S/C15H20F3NO/c1-5-6-13(20)14-9(2)7-11(8-12(14)16)19-10(3)15(4,17)18/h7-8,10,19H,5-6H2,1-4H3. The molecule has 2 nitrogen and oxygen atoms in total. The molecule has 0 bridgehead atoms. The molecule has 0 radical (unpaired) electrons. The van der Waals surface area contributed by atoms with E-state index in [0.29, 0.717) is 12.0 Å².